The number of carbonyl (C=O) groups excluding carboxylic acids is 2. The first-order chi connectivity index (χ1) is 16.1. The average Bonchev–Trinajstić information content (AvgIpc) is 3.23. The Morgan fingerprint density at radius 3 is 2.26 bits per heavy atom. The molecule has 0 fully saturated rings. The molecule has 0 unspecified atom stereocenters. The Morgan fingerprint density at radius 2 is 1.71 bits per heavy atom. The van der Waals surface area contributed by atoms with Gasteiger partial charge in [0.15, 0.2) is 0 Å². The van der Waals surface area contributed by atoms with E-state index < -0.39 is 34.1 Å². The number of nitrogens with zero attached hydrogens (tertiary/aromatic N) is 1. The average molecular weight is 504 g/mol. The molecule has 0 aliphatic rings. The van der Waals surface area contributed by atoms with E-state index in [0.717, 1.165) is 16.8 Å². The van der Waals surface area contributed by atoms with Crippen molar-refractivity contribution >= 4 is 33.5 Å². The maximum absolute atomic E-state index is 13.2. The van der Waals surface area contributed by atoms with Crippen LogP contribution in [0.4, 0.5) is 0 Å². The third-order valence-corrected chi connectivity index (χ3v) is 6.41. The zero-order valence-electron chi connectivity index (χ0n) is 18.6. The van der Waals surface area contributed by atoms with Crippen molar-refractivity contribution in [2.45, 2.75) is 25.8 Å². The van der Waals surface area contributed by atoms with Crippen LogP contribution in [0.15, 0.2) is 60.0 Å². The van der Waals surface area contributed by atoms with Gasteiger partial charge in [-0.1, -0.05) is 42.5 Å². The van der Waals surface area contributed by atoms with Gasteiger partial charge in [0.05, 0.1) is 13.2 Å². The molecule has 0 aliphatic carbocycles. The van der Waals surface area contributed by atoms with Gasteiger partial charge in [0.2, 0.25) is 5.91 Å². The molecule has 1 heterocycles. The molecular weight excluding hydrogens is 478 g/mol. The van der Waals surface area contributed by atoms with E-state index in [1.807, 2.05) is 42.6 Å². The highest BCUT2D eigenvalue weighted by atomic mass is 32.2. The number of nitrogens with one attached hydrogen (secondary N) is 1. The molecular formula is C23H25N3O6S2. The molecule has 0 radical (unpaired) electrons. The molecule has 0 saturated carbocycles. The van der Waals surface area contributed by atoms with E-state index >= 15 is 0 Å². The van der Waals surface area contributed by atoms with Gasteiger partial charge in [-0.2, -0.15) is 13.6 Å². The molecule has 3 N–H and O–H groups in total. The van der Waals surface area contributed by atoms with Crippen molar-refractivity contribution in [1.29, 1.82) is 0 Å². The number of methoxy groups -OCH3 is 1. The predicted octanol–water partition coefficient (Wildman–Crippen LogP) is 2.47. The summed E-state index contributed by atoms with van der Waals surface area (Å²) in [5, 5.41) is 10.4. The second-order valence-corrected chi connectivity index (χ2v) is 9.62. The van der Waals surface area contributed by atoms with Gasteiger partial charge >= 0.3 is 16.3 Å². The number of hydrogen-bond donors (Lipinski definition) is 2. The minimum Gasteiger partial charge on any atom is -0.468 e. The third kappa shape index (κ3) is 7.37. The molecule has 2 atom stereocenters. The summed E-state index contributed by atoms with van der Waals surface area (Å²) in [7, 11) is -2.87. The van der Waals surface area contributed by atoms with Crippen LogP contribution in [0.1, 0.15) is 27.9 Å². The number of carbonyl (C=O) groups is 2. The minimum absolute atomic E-state index is 0.0746. The van der Waals surface area contributed by atoms with E-state index in [2.05, 4.69) is 14.5 Å². The number of nitrogens with two attached hydrogens (primary N) is 1. The molecule has 0 spiro atoms. The van der Waals surface area contributed by atoms with Gasteiger partial charge in [-0.15, -0.1) is 11.3 Å². The van der Waals surface area contributed by atoms with E-state index in [-0.39, 0.29) is 12.2 Å². The number of ether oxygens (including phenoxy) is 1. The summed E-state index contributed by atoms with van der Waals surface area (Å²) in [6.07, 6.45) is 0.552. The molecule has 3 aromatic rings. The number of rotatable bonds is 10. The van der Waals surface area contributed by atoms with Crippen molar-refractivity contribution in [2.75, 3.05) is 7.11 Å². The summed E-state index contributed by atoms with van der Waals surface area (Å²) in [4.78, 5) is 30.1. The summed E-state index contributed by atoms with van der Waals surface area (Å²) in [5.74, 6) is -2.05. The smallest absolute Gasteiger partial charge is 0.380 e. The van der Waals surface area contributed by atoms with E-state index in [4.69, 9.17) is 9.88 Å². The molecule has 1 aromatic heterocycles. The third-order valence-electron chi connectivity index (χ3n) is 4.91. The molecule has 34 heavy (non-hydrogen) atoms. The van der Waals surface area contributed by atoms with Gasteiger partial charge in [0, 0.05) is 11.1 Å². The van der Waals surface area contributed by atoms with Crippen molar-refractivity contribution in [2.24, 2.45) is 11.1 Å². The summed E-state index contributed by atoms with van der Waals surface area (Å²) in [6, 6.07) is 15.0. The maximum Gasteiger partial charge on any atom is 0.380 e. The first kappa shape index (κ1) is 25.3. The molecule has 11 heteroatoms. The molecule has 180 valence electrons. The molecule has 9 nitrogen and oxygen atoms in total. The molecule has 1 amide bonds. The molecule has 2 aromatic carbocycles. The van der Waals surface area contributed by atoms with Crippen LogP contribution < -0.4 is 14.6 Å². The van der Waals surface area contributed by atoms with Crippen LogP contribution in [0.2, 0.25) is 0 Å². The first-order valence-electron chi connectivity index (χ1n) is 10.3. The SMILES string of the molecule is COC(=O)[C@@H](Cc1ccccc1)C(=O)N[C@@H](Cc1ccc(OS(N)(=O)=O)cc1)c1nc(C)cs1. The Morgan fingerprint density at radius 1 is 1.06 bits per heavy atom. The van der Waals surface area contributed by atoms with Crippen LogP contribution in [0.3, 0.4) is 0 Å². The number of aryl methyl sites for hydroxylation is 1. The van der Waals surface area contributed by atoms with Crippen LogP contribution >= 0.6 is 11.3 Å². The van der Waals surface area contributed by atoms with Crippen molar-refractivity contribution < 1.29 is 26.9 Å². The van der Waals surface area contributed by atoms with Crippen LogP contribution in [0.5, 0.6) is 5.75 Å². The number of esters is 1. The van der Waals surface area contributed by atoms with Crippen LogP contribution in [0, 0.1) is 12.8 Å². The first-order valence-corrected chi connectivity index (χ1v) is 12.6. The lowest BCUT2D eigenvalue weighted by atomic mass is 9.97. The van der Waals surface area contributed by atoms with E-state index in [9.17, 15) is 18.0 Å². The number of aromatic nitrogens is 1. The molecule has 0 bridgehead atoms. The van der Waals surface area contributed by atoms with Crippen molar-refractivity contribution in [3.63, 3.8) is 0 Å². The van der Waals surface area contributed by atoms with Crippen molar-refractivity contribution in [3.8, 4) is 5.75 Å². The van der Waals surface area contributed by atoms with Gasteiger partial charge in [-0.25, -0.2) is 4.98 Å². The highest BCUT2D eigenvalue weighted by Crippen LogP contribution is 2.25. The van der Waals surface area contributed by atoms with Gasteiger partial charge in [0.25, 0.3) is 0 Å². The predicted molar refractivity (Wildman–Crippen MR) is 127 cm³/mol. The number of benzene rings is 2. The quantitative estimate of drug-likeness (QED) is 0.320. The Labute approximate surface area is 202 Å². The van der Waals surface area contributed by atoms with Crippen LogP contribution in [-0.4, -0.2) is 32.4 Å². The summed E-state index contributed by atoms with van der Waals surface area (Å²) in [6.45, 7) is 1.85. The normalized spacial score (nSPS) is 13.0. The Bertz CT molecular complexity index is 1230. The zero-order chi connectivity index (χ0) is 24.7. The highest BCUT2D eigenvalue weighted by molar-refractivity contribution is 7.84. The second-order valence-electron chi connectivity index (χ2n) is 7.58. The van der Waals surface area contributed by atoms with Crippen LogP contribution in [0.25, 0.3) is 0 Å². The highest BCUT2D eigenvalue weighted by Gasteiger charge is 2.30. The summed E-state index contributed by atoms with van der Waals surface area (Å²) < 4.78 is 31.8. The molecule has 3 rings (SSSR count). The van der Waals surface area contributed by atoms with E-state index in [0.29, 0.717) is 11.4 Å². The summed E-state index contributed by atoms with van der Waals surface area (Å²) in [5.41, 5.74) is 2.43. The fourth-order valence-corrected chi connectivity index (χ4v) is 4.56. The minimum atomic E-state index is -4.12. The molecule has 0 aliphatic heterocycles. The largest absolute Gasteiger partial charge is 0.468 e. The standard InChI is InChI=1S/C23H25N3O6S2/c1-15-14-33-22(25-15)20(13-17-8-10-18(11-9-17)32-34(24,29)30)26-21(27)19(23(28)31-2)12-16-6-4-3-5-7-16/h3-11,14,19-20H,12-13H2,1-2H3,(H,26,27)(H2,24,29,30)/t19-,20-/m0/s1. The lowest BCUT2D eigenvalue weighted by Crippen LogP contribution is -2.40. The molecule has 0 saturated heterocycles. The Hall–Kier alpha value is -3.28. The van der Waals surface area contributed by atoms with Crippen molar-refractivity contribution in [3.05, 3.63) is 81.8 Å². The Kier molecular flexibility index (Phi) is 8.37. The van der Waals surface area contributed by atoms with E-state index in [1.165, 1.54) is 30.6 Å². The monoisotopic (exact) mass is 503 g/mol. The second kappa shape index (κ2) is 11.2. The van der Waals surface area contributed by atoms with Gasteiger partial charge in [-0.05, 0) is 43.0 Å². The van der Waals surface area contributed by atoms with Gasteiger partial charge < -0.3 is 14.2 Å². The maximum atomic E-state index is 13.2. The Balaban J connectivity index is 1.81. The topological polar surface area (TPSA) is 138 Å². The van der Waals surface area contributed by atoms with Gasteiger partial charge in [-0.3, -0.25) is 9.59 Å². The number of thiazole rings is 1. The van der Waals surface area contributed by atoms with Gasteiger partial charge in [0.1, 0.15) is 16.7 Å². The fourth-order valence-electron chi connectivity index (χ4n) is 3.33. The number of hydrogen-bond acceptors (Lipinski definition) is 8. The number of amides is 1. The summed E-state index contributed by atoms with van der Waals surface area (Å²) >= 11 is 1.40. The van der Waals surface area contributed by atoms with Crippen LogP contribution in [-0.2, 0) is 37.5 Å². The fraction of sp³-hybridized carbons (Fsp3) is 0.261. The lowest BCUT2D eigenvalue weighted by molar-refractivity contribution is -0.150. The zero-order valence-corrected chi connectivity index (χ0v) is 20.3. The lowest BCUT2D eigenvalue weighted by Gasteiger charge is -2.21. The van der Waals surface area contributed by atoms with Crippen molar-refractivity contribution in [1.82, 2.24) is 10.3 Å². The van der Waals surface area contributed by atoms with E-state index in [1.54, 1.807) is 12.1 Å².